The third kappa shape index (κ3) is 3.23. The summed E-state index contributed by atoms with van der Waals surface area (Å²) in [5.74, 6) is 0.745. The minimum absolute atomic E-state index is 0.0353. The van der Waals surface area contributed by atoms with Gasteiger partial charge in [0, 0.05) is 24.5 Å². The standard InChI is InChI=1S/C25H28N4O/c1-28-18-19-12-14-25(28,15-13-19)23(20-8-3-2-4-9-20)27-24(30)21-10-5-6-11-22(21)29-17-7-16-26-29/h2-11,16-17,19,23H,12-15,18H2,1H3,(H,27,30). The number of nitrogens with one attached hydrogen (secondary N) is 1. The molecular weight excluding hydrogens is 372 g/mol. The van der Waals surface area contributed by atoms with Gasteiger partial charge in [-0.25, -0.2) is 4.68 Å². The first kappa shape index (κ1) is 19.1. The van der Waals surface area contributed by atoms with Crippen LogP contribution in [0.25, 0.3) is 5.69 Å². The van der Waals surface area contributed by atoms with Crippen LogP contribution in [0.5, 0.6) is 0 Å². The summed E-state index contributed by atoms with van der Waals surface area (Å²) in [5, 5.41) is 7.78. The van der Waals surface area contributed by atoms with Crippen LogP contribution in [0, 0.1) is 5.92 Å². The zero-order valence-corrected chi connectivity index (χ0v) is 17.4. The Hall–Kier alpha value is -2.92. The molecule has 2 saturated heterocycles. The number of carbonyl (C=O) groups is 1. The highest BCUT2D eigenvalue weighted by atomic mass is 16.1. The SMILES string of the molecule is CN1CC2CCC1(C(NC(=O)c1ccccc1-n1cccn1)c1ccccc1)CC2. The van der Waals surface area contributed by atoms with Gasteiger partial charge in [0.25, 0.3) is 5.91 Å². The molecule has 6 rings (SSSR count). The molecular formula is C25H28N4O. The molecule has 2 aromatic carbocycles. The van der Waals surface area contributed by atoms with E-state index in [0.29, 0.717) is 5.56 Å². The molecule has 5 heteroatoms. The molecule has 1 amide bonds. The van der Waals surface area contributed by atoms with Crippen molar-refractivity contribution in [3.8, 4) is 5.69 Å². The molecule has 154 valence electrons. The van der Waals surface area contributed by atoms with E-state index in [2.05, 4.69) is 46.6 Å². The molecule has 2 aliphatic heterocycles. The van der Waals surface area contributed by atoms with Crippen LogP contribution in [0.3, 0.4) is 0 Å². The van der Waals surface area contributed by atoms with Gasteiger partial charge in [-0.3, -0.25) is 9.69 Å². The van der Waals surface area contributed by atoms with Gasteiger partial charge in [-0.05, 0) is 62.4 Å². The predicted molar refractivity (Wildman–Crippen MR) is 118 cm³/mol. The van der Waals surface area contributed by atoms with Crippen LogP contribution in [0.4, 0.5) is 0 Å². The molecule has 0 spiro atoms. The summed E-state index contributed by atoms with van der Waals surface area (Å²) < 4.78 is 1.75. The van der Waals surface area contributed by atoms with Crippen LogP contribution in [-0.4, -0.2) is 39.7 Å². The Morgan fingerprint density at radius 3 is 2.50 bits per heavy atom. The second-order valence-electron chi connectivity index (χ2n) is 8.71. The van der Waals surface area contributed by atoms with E-state index in [0.717, 1.165) is 31.0 Å². The van der Waals surface area contributed by atoms with Crippen LogP contribution in [0.2, 0.25) is 0 Å². The van der Waals surface area contributed by atoms with Gasteiger partial charge in [-0.1, -0.05) is 42.5 Å². The van der Waals surface area contributed by atoms with Crippen molar-refractivity contribution in [1.82, 2.24) is 20.0 Å². The first-order chi connectivity index (χ1) is 14.7. The molecule has 1 aromatic heterocycles. The topological polar surface area (TPSA) is 50.2 Å². The number of amides is 1. The third-order valence-corrected chi connectivity index (χ3v) is 7.11. The Balaban J connectivity index is 1.52. The summed E-state index contributed by atoms with van der Waals surface area (Å²) in [7, 11) is 2.23. The van der Waals surface area contributed by atoms with E-state index in [1.165, 1.54) is 18.4 Å². The summed E-state index contributed by atoms with van der Waals surface area (Å²) >= 11 is 0. The van der Waals surface area contributed by atoms with Crippen molar-refractivity contribution >= 4 is 5.91 Å². The molecule has 1 unspecified atom stereocenters. The van der Waals surface area contributed by atoms with Gasteiger partial charge in [-0.2, -0.15) is 5.10 Å². The largest absolute Gasteiger partial charge is 0.343 e. The van der Waals surface area contributed by atoms with E-state index in [1.54, 1.807) is 10.9 Å². The molecule has 1 saturated carbocycles. The Bertz CT molecular complexity index is 1010. The van der Waals surface area contributed by atoms with Gasteiger partial charge in [0.1, 0.15) is 0 Å². The second kappa shape index (κ2) is 7.73. The van der Waals surface area contributed by atoms with Crippen LogP contribution in [0.15, 0.2) is 73.1 Å². The Labute approximate surface area is 177 Å². The molecule has 0 radical (unpaired) electrons. The lowest BCUT2D eigenvalue weighted by Gasteiger charge is -2.57. The Kier molecular flexibility index (Phi) is 4.91. The molecule has 3 fully saturated rings. The van der Waals surface area contributed by atoms with Gasteiger partial charge in [0.15, 0.2) is 0 Å². The number of hydrogen-bond acceptors (Lipinski definition) is 3. The van der Waals surface area contributed by atoms with Crippen LogP contribution in [0.1, 0.15) is 47.6 Å². The fraction of sp³-hybridized carbons (Fsp3) is 0.360. The average Bonchev–Trinajstić information content (AvgIpc) is 3.33. The normalized spacial score (nSPS) is 24.5. The fourth-order valence-corrected chi connectivity index (χ4v) is 5.48. The first-order valence-corrected chi connectivity index (χ1v) is 10.8. The number of carbonyl (C=O) groups excluding carboxylic acids is 1. The second-order valence-corrected chi connectivity index (χ2v) is 8.71. The monoisotopic (exact) mass is 400 g/mol. The summed E-state index contributed by atoms with van der Waals surface area (Å²) in [4.78, 5) is 16.1. The minimum Gasteiger partial charge on any atom is -0.343 e. The van der Waals surface area contributed by atoms with Gasteiger partial charge in [0.05, 0.1) is 17.3 Å². The van der Waals surface area contributed by atoms with Gasteiger partial charge in [0.2, 0.25) is 0 Å². The number of nitrogens with zero attached hydrogens (tertiary/aromatic N) is 3. The third-order valence-electron chi connectivity index (χ3n) is 7.11. The number of piperidine rings is 2. The van der Waals surface area contributed by atoms with E-state index in [1.807, 2.05) is 42.6 Å². The van der Waals surface area contributed by atoms with E-state index in [9.17, 15) is 4.79 Å². The molecule has 30 heavy (non-hydrogen) atoms. The van der Waals surface area contributed by atoms with Crippen molar-refractivity contribution in [3.05, 3.63) is 84.2 Å². The van der Waals surface area contributed by atoms with Gasteiger partial charge in [-0.15, -0.1) is 0 Å². The maximum atomic E-state index is 13.6. The average molecular weight is 401 g/mol. The summed E-state index contributed by atoms with van der Waals surface area (Å²) in [6.45, 7) is 1.11. The van der Waals surface area contributed by atoms with Crippen molar-refractivity contribution in [2.24, 2.45) is 5.92 Å². The molecule has 5 nitrogen and oxygen atoms in total. The highest BCUT2D eigenvalue weighted by molar-refractivity contribution is 5.98. The molecule has 1 N–H and O–H groups in total. The number of likely N-dealkylation sites (N-methyl/N-ethyl adjacent to an activating group) is 1. The number of hydrogen-bond donors (Lipinski definition) is 1. The van der Waals surface area contributed by atoms with Crippen molar-refractivity contribution in [2.45, 2.75) is 37.3 Å². The highest BCUT2D eigenvalue weighted by Gasteiger charge is 2.50. The smallest absolute Gasteiger partial charge is 0.254 e. The Morgan fingerprint density at radius 1 is 1.07 bits per heavy atom. The highest BCUT2D eigenvalue weighted by Crippen LogP contribution is 2.49. The van der Waals surface area contributed by atoms with Crippen LogP contribution in [-0.2, 0) is 0 Å². The van der Waals surface area contributed by atoms with Gasteiger partial charge < -0.3 is 5.32 Å². The summed E-state index contributed by atoms with van der Waals surface area (Å²) in [6.07, 6.45) is 8.33. The maximum absolute atomic E-state index is 13.6. The van der Waals surface area contributed by atoms with E-state index >= 15 is 0 Å². The van der Waals surface area contributed by atoms with E-state index in [-0.39, 0.29) is 17.5 Å². The lowest BCUT2D eigenvalue weighted by Crippen LogP contribution is -2.62. The quantitative estimate of drug-likeness (QED) is 0.698. The predicted octanol–water partition coefficient (Wildman–Crippen LogP) is 4.22. The van der Waals surface area contributed by atoms with Crippen molar-refractivity contribution < 1.29 is 4.79 Å². The van der Waals surface area contributed by atoms with Crippen molar-refractivity contribution in [1.29, 1.82) is 0 Å². The van der Waals surface area contributed by atoms with Crippen LogP contribution >= 0.6 is 0 Å². The molecule has 1 atom stereocenters. The number of aromatic nitrogens is 2. The molecule has 3 heterocycles. The number of fused-ring (bicyclic) bond motifs is 3. The maximum Gasteiger partial charge on any atom is 0.254 e. The number of para-hydroxylation sites is 1. The molecule has 3 aliphatic rings. The lowest BCUT2D eigenvalue weighted by atomic mass is 9.66. The first-order valence-electron chi connectivity index (χ1n) is 10.8. The van der Waals surface area contributed by atoms with Gasteiger partial charge >= 0.3 is 0 Å². The summed E-state index contributed by atoms with van der Waals surface area (Å²) in [6, 6.07) is 20.0. The van der Waals surface area contributed by atoms with E-state index in [4.69, 9.17) is 0 Å². The number of rotatable bonds is 5. The molecule has 3 aromatic rings. The Morgan fingerprint density at radius 2 is 1.80 bits per heavy atom. The zero-order valence-electron chi connectivity index (χ0n) is 17.4. The van der Waals surface area contributed by atoms with Crippen molar-refractivity contribution in [3.63, 3.8) is 0 Å². The molecule has 1 aliphatic carbocycles. The van der Waals surface area contributed by atoms with Crippen molar-refractivity contribution in [2.75, 3.05) is 13.6 Å². The summed E-state index contributed by atoms with van der Waals surface area (Å²) in [5.41, 5.74) is 2.58. The molecule has 2 bridgehead atoms. The number of benzene rings is 2. The van der Waals surface area contributed by atoms with Crippen LogP contribution < -0.4 is 5.32 Å². The lowest BCUT2D eigenvalue weighted by molar-refractivity contribution is -0.0404. The fourth-order valence-electron chi connectivity index (χ4n) is 5.48. The minimum atomic E-state index is -0.0527. The zero-order chi connectivity index (χ0) is 20.6. The van der Waals surface area contributed by atoms with E-state index < -0.39 is 0 Å².